The summed E-state index contributed by atoms with van der Waals surface area (Å²) in [5.74, 6) is 6.82. The Balaban J connectivity index is 0.000000189. The highest BCUT2D eigenvalue weighted by Gasteiger charge is 2.60. The van der Waals surface area contributed by atoms with Crippen molar-refractivity contribution in [1.82, 2.24) is 19.6 Å². The van der Waals surface area contributed by atoms with Gasteiger partial charge in [0.05, 0.1) is 63.7 Å². The third kappa shape index (κ3) is 11.1. The highest BCUT2D eigenvalue weighted by atomic mass is 28.4. The van der Waals surface area contributed by atoms with Crippen LogP contribution in [0.15, 0.2) is 98.1 Å². The summed E-state index contributed by atoms with van der Waals surface area (Å²) in [5.41, 5.74) is 11.9. The first-order valence-electron chi connectivity index (χ1n) is 34.1. The molecule has 2 fully saturated rings. The number of nitriles is 2. The number of aliphatic hydroxyl groups is 1. The van der Waals surface area contributed by atoms with Crippen molar-refractivity contribution >= 4 is 18.7 Å². The molecule has 0 spiro atoms. The van der Waals surface area contributed by atoms with Gasteiger partial charge in [0.2, 0.25) is 13.6 Å². The smallest absolute Gasteiger partial charge is 0.261 e. The maximum Gasteiger partial charge on any atom is 0.261 e. The van der Waals surface area contributed by atoms with E-state index in [-0.39, 0.29) is 75.1 Å². The van der Waals surface area contributed by atoms with E-state index in [2.05, 4.69) is 153 Å². The number of piperazine rings is 2. The van der Waals surface area contributed by atoms with Crippen LogP contribution in [0.1, 0.15) is 112 Å². The van der Waals surface area contributed by atoms with Gasteiger partial charge in [-0.05, 0) is 105 Å². The molecule has 0 radical (unpaired) electrons. The fraction of sp³-hybridized carbons (Fsp3) is 0.462. The van der Waals surface area contributed by atoms with Gasteiger partial charge < -0.3 is 66.4 Å². The van der Waals surface area contributed by atoms with Crippen molar-refractivity contribution in [3.8, 4) is 69.6 Å². The molecule has 8 aliphatic rings. The number of ether oxygens (including phenoxy) is 12. The molecular formula is C78H92N6O14Si. The fourth-order valence-corrected chi connectivity index (χ4v) is 22.7. The zero-order valence-electron chi connectivity index (χ0n) is 59.2. The van der Waals surface area contributed by atoms with E-state index in [1.54, 1.807) is 40.6 Å². The van der Waals surface area contributed by atoms with Crippen LogP contribution in [0.5, 0.6) is 57.5 Å². The van der Waals surface area contributed by atoms with Gasteiger partial charge >= 0.3 is 0 Å². The van der Waals surface area contributed by atoms with Gasteiger partial charge in [-0.3, -0.25) is 19.6 Å². The number of benzene rings is 6. The molecule has 0 unspecified atom stereocenters. The number of likely N-dealkylation sites (N-methyl/N-ethyl adjacent to an activating group) is 2. The summed E-state index contributed by atoms with van der Waals surface area (Å²) in [6, 6.07) is 28.4. The summed E-state index contributed by atoms with van der Waals surface area (Å²) in [7, 11) is 7.74. The van der Waals surface area contributed by atoms with E-state index >= 15 is 0 Å². The Bertz CT molecular complexity index is 4110. The molecule has 2 saturated heterocycles. The molecule has 6 aromatic rings. The number of methoxy groups -OCH3 is 4. The number of fused-ring (bicyclic) bond motifs is 18. The molecule has 4 bridgehead atoms. The summed E-state index contributed by atoms with van der Waals surface area (Å²) in [5, 5.41) is 35.1. The molecule has 21 heteroatoms. The molecule has 10 atom stereocenters. The molecule has 0 aromatic heterocycles. The van der Waals surface area contributed by atoms with Gasteiger partial charge in [0, 0.05) is 82.9 Å². The summed E-state index contributed by atoms with van der Waals surface area (Å²) in [6.07, 6.45) is 5.94. The molecule has 522 valence electrons. The quantitative estimate of drug-likeness (QED) is 0.0429. The molecule has 20 nitrogen and oxygen atoms in total. The number of hydrogen-bond acceptors (Lipinski definition) is 20. The van der Waals surface area contributed by atoms with E-state index in [0.29, 0.717) is 97.2 Å². The summed E-state index contributed by atoms with van der Waals surface area (Å²) >= 11 is 0. The minimum Gasteiger partial charge on any atom is -0.493 e. The monoisotopic (exact) mass is 1360 g/mol. The van der Waals surface area contributed by atoms with Crippen LogP contribution in [0.4, 0.5) is 0 Å². The predicted molar refractivity (Wildman–Crippen MR) is 376 cm³/mol. The van der Waals surface area contributed by atoms with Crippen LogP contribution in [-0.4, -0.2) is 165 Å². The zero-order chi connectivity index (χ0) is 69.9. The molecule has 8 heterocycles. The molecule has 8 aliphatic heterocycles. The topological polar surface area (TPSA) is 201 Å². The summed E-state index contributed by atoms with van der Waals surface area (Å²) in [4.78, 5) is 9.33. The Morgan fingerprint density at radius 1 is 0.556 bits per heavy atom. The van der Waals surface area contributed by atoms with Crippen molar-refractivity contribution < 1.29 is 66.4 Å². The minimum absolute atomic E-state index is 0.0707. The van der Waals surface area contributed by atoms with Crippen LogP contribution in [0.2, 0.25) is 5.04 Å². The van der Waals surface area contributed by atoms with Crippen LogP contribution < -0.4 is 57.7 Å². The minimum atomic E-state index is -3.04. The van der Waals surface area contributed by atoms with E-state index in [0.717, 1.165) is 72.5 Å². The van der Waals surface area contributed by atoms with Crippen molar-refractivity contribution in [2.24, 2.45) is 0 Å². The Morgan fingerprint density at radius 3 is 1.35 bits per heavy atom. The lowest BCUT2D eigenvalue weighted by molar-refractivity contribution is -0.0832. The first-order chi connectivity index (χ1) is 47.9. The molecule has 99 heavy (non-hydrogen) atoms. The van der Waals surface area contributed by atoms with Crippen LogP contribution >= 0.6 is 0 Å². The van der Waals surface area contributed by atoms with E-state index in [1.807, 2.05) is 27.7 Å². The van der Waals surface area contributed by atoms with Crippen LogP contribution in [0, 0.1) is 50.4 Å². The van der Waals surface area contributed by atoms with Gasteiger partial charge in [-0.25, -0.2) is 0 Å². The molecular weight excluding hydrogens is 1270 g/mol. The Morgan fingerprint density at radius 2 is 0.970 bits per heavy atom. The predicted octanol–water partition coefficient (Wildman–Crippen LogP) is 10.3. The first-order valence-corrected chi connectivity index (χ1v) is 36.0. The number of nitrogens with zero attached hydrogens (tertiary/aromatic N) is 6. The lowest BCUT2D eigenvalue weighted by Gasteiger charge is -2.60. The lowest BCUT2D eigenvalue weighted by Crippen LogP contribution is -2.70. The molecule has 14 rings (SSSR count). The zero-order valence-corrected chi connectivity index (χ0v) is 60.2. The third-order valence-corrected chi connectivity index (χ3v) is 26.9. The SMILES string of the molecule is C=CCOc1c(C)c2c(c3c1C[C@H]1[C@H]4c5c(cc(C)c(OC)c5OCOC)C[C@@H]([C@H](C#N)N1[C@H]3CO)N4C)OCO2.C=CCOc1c(C)c2c(c3c1C[C@H]1[C@H]4c5c(cc(C)c(OC)c5OCOC)C[C@@H]([C@H](C#N)N1[C@H]3CO[Si](c1ccccc1)(c1ccccc1)C(C)(C)C)N4C)OCO2. The van der Waals surface area contributed by atoms with Crippen molar-refractivity contribution in [3.05, 3.63) is 165 Å². The number of aryl methyl sites for hydroxylation is 2. The second-order valence-corrected chi connectivity index (χ2v) is 32.2. The molecule has 0 saturated carbocycles. The molecule has 0 aliphatic carbocycles. The highest BCUT2D eigenvalue weighted by molar-refractivity contribution is 6.99. The van der Waals surface area contributed by atoms with Crippen LogP contribution in [0.25, 0.3) is 0 Å². The Hall–Kier alpha value is -8.32. The lowest BCUT2D eigenvalue weighted by atomic mass is 9.71. The second-order valence-electron chi connectivity index (χ2n) is 27.9. The standard InChI is InChI=1S/C47H55N3O7Si.C31H37N3O7/c1-10-21-53-43-30(3)44-46(56-28-55-44)40-34(43)24-36-41-39-31(22-29(2)42(52-9)45(39)54-27-51-8)23-35(49(41)7)37(25-48)50(36)38(40)26-57-58(47(4,5)6,32-17-13-11-14-18-32)33-19-15-12-16-20-33;1-7-8-38-28-17(3)29-31(41-15-40-29)25-19(28)11-21-26-24-18(9-16(2)27(37-6)30(24)39-14-36-5)10-20(33(26)4)22(12-32)34(21)23(25)13-35/h10-20,22,35-38,41H,1,21,23-24,26-28H2,2-9H3;7,9,20-23,26,35H,1,8,10-11,13-15H2,2-6H3/t35-,36-,37-,38-,41-;20-,21-,22-,23-,26-/m00/s1. The normalized spacial score (nSPS) is 23.8. The maximum absolute atomic E-state index is 11.4. The van der Waals surface area contributed by atoms with Gasteiger partial charge in [0.15, 0.2) is 59.6 Å². The largest absolute Gasteiger partial charge is 0.493 e. The van der Waals surface area contributed by atoms with Crippen molar-refractivity contribution in [1.29, 1.82) is 10.5 Å². The average Bonchev–Trinajstić information content (AvgIpc) is 1.60. The molecule has 0 amide bonds. The molecule has 1 N–H and O–H groups in total. The fourth-order valence-electron chi connectivity index (χ4n) is 18.1. The van der Waals surface area contributed by atoms with Gasteiger partial charge in [-0.1, -0.05) is 119 Å². The maximum atomic E-state index is 11.4. The Labute approximate surface area is 582 Å². The Kier molecular flexibility index (Phi) is 19.6. The van der Waals surface area contributed by atoms with Crippen LogP contribution in [0.3, 0.4) is 0 Å². The highest BCUT2D eigenvalue weighted by Crippen LogP contribution is 2.62. The molecule has 6 aromatic carbocycles. The van der Waals surface area contributed by atoms with Gasteiger partial charge in [0.1, 0.15) is 36.8 Å². The van der Waals surface area contributed by atoms with Gasteiger partial charge in [-0.15, -0.1) is 0 Å². The third-order valence-electron chi connectivity index (χ3n) is 21.9. The number of rotatable bonds is 20. The number of hydrogen-bond donors (Lipinski definition) is 1. The number of aliphatic hydroxyl groups excluding tert-OH is 1. The van der Waals surface area contributed by atoms with Gasteiger partial charge in [-0.2, -0.15) is 10.5 Å². The summed E-state index contributed by atoms with van der Waals surface area (Å²) < 4.78 is 80.7. The van der Waals surface area contributed by atoms with Crippen molar-refractivity contribution in [2.45, 2.75) is 140 Å². The first kappa shape index (κ1) is 69.2. The van der Waals surface area contributed by atoms with E-state index in [4.69, 9.17) is 61.3 Å². The van der Waals surface area contributed by atoms with E-state index in [9.17, 15) is 15.6 Å². The van der Waals surface area contributed by atoms with Crippen molar-refractivity contribution in [3.63, 3.8) is 0 Å². The second kappa shape index (κ2) is 28.0. The summed E-state index contributed by atoms with van der Waals surface area (Å²) in [6.45, 7) is 23.8. The van der Waals surface area contributed by atoms with E-state index < -0.39 is 32.5 Å². The van der Waals surface area contributed by atoms with Gasteiger partial charge in [0.25, 0.3) is 8.32 Å². The average molecular weight is 1370 g/mol. The van der Waals surface area contributed by atoms with Crippen molar-refractivity contribution in [2.75, 3.05) is 96.1 Å². The van der Waals surface area contributed by atoms with Crippen LogP contribution in [-0.2, 0) is 39.6 Å². The van der Waals surface area contributed by atoms with E-state index in [1.165, 1.54) is 10.4 Å².